The maximum atomic E-state index is 12.6. The van der Waals surface area contributed by atoms with Gasteiger partial charge in [0.25, 0.3) is 5.91 Å². The van der Waals surface area contributed by atoms with Crippen LogP contribution in [0.1, 0.15) is 33.1 Å². The number of benzene rings is 1. The number of ether oxygens (including phenoxy) is 1. The Kier molecular flexibility index (Phi) is 8.10. The summed E-state index contributed by atoms with van der Waals surface area (Å²) in [7, 11) is 1.85. The zero-order chi connectivity index (χ0) is 19.8. The molecule has 2 N–H and O–H groups in total. The average molecular weight is 376 g/mol. The molecule has 1 aromatic carbocycles. The van der Waals surface area contributed by atoms with E-state index in [0.717, 1.165) is 6.42 Å². The molecule has 0 radical (unpaired) electrons. The molecule has 1 aromatic rings. The normalized spacial score (nSPS) is 16.3. The monoisotopic (exact) mass is 375 g/mol. The summed E-state index contributed by atoms with van der Waals surface area (Å²) in [6.45, 7) is 6.12. The minimum Gasteiger partial charge on any atom is -0.484 e. The summed E-state index contributed by atoms with van der Waals surface area (Å²) in [5, 5.41) is 0. The van der Waals surface area contributed by atoms with Gasteiger partial charge in [-0.05, 0) is 37.3 Å². The zero-order valence-corrected chi connectivity index (χ0v) is 16.8. The van der Waals surface area contributed by atoms with Gasteiger partial charge in [0.05, 0.1) is 0 Å². The lowest BCUT2D eigenvalue weighted by Gasteiger charge is -2.33. The van der Waals surface area contributed by atoms with Gasteiger partial charge in [0.1, 0.15) is 5.75 Å². The minimum absolute atomic E-state index is 0.00985. The Morgan fingerprint density at radius 2 is 1.85 bits per heavy atom. The fourth-order valence-electron chi connectivity index (χ4n) is 3.23. The van der Waals surface area contributed by atoms with E-state index in [9.17, 15) is 9.59 Å². The number of hydrogen-bond acceptors (Lipinski definition) is 4. The molecule has 2 rings (SSSR count). The first kappa shape index (κ1) is 21.2. The summed E-state index contributed by atoms with van der Waals surface area (Å²) in [6, 6.07) is 9.44. The number of carbonyl (C=O) groups is 2. The molecule has 1 saturated heterocycles. The standard InChI is InChI=1S/C21H33N3O3/c1-16(2)19(22)11-12-23(3)21(26)17-9-13-24(14-10-17)20(25)15-27-18-7-5-4-6-8-18/h4-8,16-17,19H,9-15,22H2,1-3H3. The molecule has 1 fully saturated rings. The predicted molar refractivity (Wildman–Crippen MR) is 106 cm³/mol. The molecule has 27 heavy (non-hydrogen) atoms. The van der Waals surface area contributed by atoms with Crippen molar-refractivity contribution in [3.63, 3.8) is 0 Å². The highest BCUT2D eigenvalue weighted by Gasteiger charge is 2.29. The highest BCUT2D eigenvalue weighted by atomic mass is 16.5. The Morgan fingerprint density at radius 3 is 2.44 bits per heavy atom. The van der Waals surface area contributed by atoms with E-state index < -0.39 is 0 Å². The summed E-state index contributed by atoms with van der Waals surface area (Å²) < 4.78 is 5.53. The molecule has 1 unspecified atom stereocenters. The van der Waals surface area contributed by atoms with Gasteiger partial charge >= 0.3 is 0 Å². The van der Waals surface area contributed by atoms with Gasteiger partial charge in [-0.15, -0.1) is 0 Å². The van der Waals surface area contributed by atoms with Crippen LogP contribution in [0, 0.1) is 11.8 Å². The first-order valence-corrected chi connectivity index (χ1v) is 9.84. The fraction of sp³-hybridized carbons (Fsp3) is 0.619. The molecule has 0 aliphatic carbocycles. The summed E-state index contributed by atoms with van der Waals surface area (Å²) in [6.07, 6.45) is 2.22. The van der Waals surface area contributed by atoms with Crippen LogP contribution in [0.2, 0.25) is 0 Å². The lowest BCUT2D eigenvalue weighted by molar-refractivity contribution is -0.140. The second kappa shape index (κ2) is 10.3. The molecule has 1 heterocycles. The van der Waals surface area contributed by atoms with Crippen molar-refractivity contribution in [1.82, 2.24) is 9.80 Å². The number of amides is 2. The van der Waals surface area contributed by atoms with Crippen molar-refractivity contribution >= 4 is 11.8 Å². The van der Waals surface area contributed by atoms with Gasteiger partial charge in [-0.2, -0.15) is 0 Å². The average Bonchev–Trinajstić information content (AvgIpc) is 2.70. The van der Waals surface area contributed by atoms with Gasteiger partial charge in [0.2, 0.25) is 5.91 Å². The van der Waals surface area contributed by atoms with E-state index in [4.69, 9.17) is 10.5 Å². The summed E-state index contributed by atoms with van der Waals surface area (Å²) in [5.74, 6) is 1.24. The third kappa shape index (κ3) is 6.54. The lowest BCUT2D eigenvalue weighted by Crippen LogP contribution is -2.45. The molecule has 1 atom stereocenters. The summed E-state index contributed by atoms with van der Waals surface area (Å²) in [4.78, 5) is 28.5. The highest BCUT2D eigenvalue weighted by Crippen LogP contribution is 2.20. The predicted octanol–water partition coefficient (Wildman–Crippen LogP) is 2.14. The second-order valence-electron chi connectivity index (χ2n) is 7.71. The van der Waals surface area contributed by atoms with Crippen LogP contribution in [-0.4, -0.2) is 60.9 Å². The van der Waals surface area contributed by atoms with Crippen LogP contribution in [0.5, 0.6) is 5.75 Å². The number of hydrogen-bond donors (Lipinski definition) is 1. The Morgan fingerprint density at radius 1 is 1.22 bits per heavy atom. The third-order valence-corrected chi connectivity index (χ3v) is 5.33. The van der Waals surface area contributed by atoms with Gasteiger partial charge in [-0.25, -0.2) is 0 Å². The molecule has 0 bridgehead atoms. The number of para-hydroxylation sites is 1. The van der Waals surface area contributed by atoms with Gasteiger partial charge in [0.15, 0.2) is 6.61 Å². The van der Waals surface area contributed by atoms with E-state index in [0.29, 0.717) is 44.1 Å². The van der Waals surface area contributed by atoms with Crippen molar-refractivity contribution < 1.29 is 14.3 Å². The first-order valence-electron chi connectivity index (χ1n) is 9.84. The first-order chi connectivity index (χ1) is 12.9. The van der Waals surface area contributed by atoms with Crippen molar-refractivity contribution in [3.8, 4) is 5.75 Å². The second-order valence-corrected chi connectivity index (χ2v) is 7.71. The van der Waals surface area contributed by atoms with Crippen LogP contribution in [0.4, 0.5) is 0 Å². The van der Waals surface area contributed by atoms with Crippen molar-refractivity contribution in [3.05, 3.63) is 30.3 Å². The number of likely N-dealkylation sites (tertiary alicyclic amines) is 1. The van der Waals surface area contributed by atoms with E-state index in [2.05, 4.69) is 13.8 Å². The van der Waals surface area contributed by atoms with Gasteiger partial charge in [-0.3, -0.25) is 9.59 Å². The molecule has 150 valence electrons. The number of piperidine rings is 1. The third-order valence-electron chi connectivity index (χ3n) is 5.33. The van der Waals surface area contributed by atoms with Crippen molar-refractivity contribution in [2.75, 3.05) is 33.3 Å². The molecule has 0 aromatic heterocycles. The van der Waals surface area contributed by atoms with Gasteiger partial charge < -0.3 is 20.3 Å². The van der Waals surface area contributed by atoms with Crippen molar-refractivity contribution in [2.24, 2.45) is 17.6 Å². The van der Waals surface area contributed by atoms with E-state index in [1.54, 1.807) is 9.80 Å². The van der Waals surface area contributed by atoms with E-state index in [1.807, 2.05) is 37.4 Å². The van der Waals surface area contributed by atoms with Gasteiger partial charge in [0, 0.05) is 38.6 Å². The quantitative estimate of drug-likeness (QED) is 0.755. The fourth-order valence-corrected chi connectivity index (χ4v) is 3.23. The van der Waals surface area contributed by atoms with Crippen LogP contribution in [0.3, 0.4) is 0 Å². The Labute approximate surface area is 162 Å². The molecule has 6 heteroatoms. The molecular weight excluding hydrogens is 342 g/mol. The molecule has 6 nitrogen and oxygen atoms in total. The lowest BCUT2D eigenvalue weighted by atomic mass is 9.95. The largest absolute Gasteiger partial charge is 0.484 e. The molecule has 2 amide bonds. The van der Waals surface area contributed by atoms with E-state index in [-0.39, 0.29) is 30.4 Å². The smallest absolute Gasteiger partial charge is 0.260 e. The number of carbonyl (C=O) groups excluding carboxylic acids is 2. The Balaban J connectivity index is 1.72. The van der Waals surface area contributed by atoms with Crippen LogP contribution >= 0.6 is 0 Å². The topological polar surface area (TPSA) is 75.9 Å². The summed E-state index contributed by atoms with van der Waals surface area (Å²) >= 11 is 0. The molecule has 1 aliphatic rings. The van der Waals surface area contributed by atoms with E-state index in [1.165, 1.54) is 0 Å². The Bertz CT molecular complexity index is 598. The molecule has 1 aliphatic heterocycles. The molecular formula is C21H33N3O3. The van der Waals surface area contributed by atoms with Crippen LogP contribution < -0.4 is 10.5 Å². The molecule has 0 spiro atoms. The van der Waals surface area contributed by atoms with Crippen LogP contribution in [-0.2, 0) is 9.59 Å². The van der Waals surface area contributed by atoms with Crippen LogP contribution in [0.15, 0.2) is 30.3 Å². The number of nitrogens with two attached hydrogens (primary N) is 1. The minimum atomic E-state index is -0.0268. The maximum absolute atomic E-state index is 12.6. The summed E-state index contributed by atoms with van der Waals surface area (Å²) in [5.41, 5.74) is 6.07. The van der Waals surface area contributed by atoms with Crippen molar-refractivity contribution in [1.29, 1.82) is 0 Å². The Hall–Kier alpha value is -2.08. The van der Waals surface area contributed by atoms with Crippen molar-refractivity contribution in [2.45, 2.75) is 39.2 Å². The number of rotatable bonds is 8. The molecule has 0 saturated carbocycles. The number of nitrogens with zero attached hydrogens (tertiary/aromatic N) is 2. The van der Waals surface area contributed by atoms with E-state index >= 15 is 0 Å². The maximum Gasteiger partial charge on any atom is 0.260 e. The van der Waals surface area contributed by atoms with Crippen LogP contribution in [0.25, 0.3) is 0 Å². The highest BCUT2D eigenvalue weighted by molar-refractivity contribution is 5.80. The SMILES string of the molecule is CC(C)C(N)CCN(C)C(=O)C1CCN(C(=O)COc2ccccc2)CC1. The van der Waals surface area contributed by atoms with Gasteiger partial charge in [-0.1, -0.05) is 32.0 Å². The zero-order valence-electron chi connectivity index (χ0n) is 16.8.